The maximum atomic E-state index is 13.5. The van der Waals surface area contributed by atoms with E-state index < -0.39 is 15.9 Å². The molecule has 6 heteroatoms. The quantitative estimate of drug-likeness (QED) is 0.762. The highest BCUT2D eigenvalue weighted by atomic mass is 32.2. The van der Waals surface area contributed by atoms with Gasteiger partial charge in [0, 0.05) is 6.07 Å². The van der Waals surface area contributed by atoms with E-state index in [4.69, 9.17) is 9.47 Å². The van der Waals surface area contributed by atoms with E-state index in [-0.39, 0.29) is 33.3 Å². The highest BCUT2D eigenvalue weighted by Crippen LogP contribution is 2.61. The first kappa shape index (κ1) is 22.4. The van der Waals surface area contributed by atoms with Crippen LogP contribution in [-0.4, -0.2) is 39.6 Å². The molecule has 0 heterocycles. The molecule has 0 bridgehead atoms. The molecular formula is C23H36O5S. The van der Waals surface area contributed by atoms with E-state index in [0.717, 1.165) is 25.7 Å². The van der Waals surface area contributed by atoms with Crippen LogP contribution in [0.2, 0.25) is 0 Å². The highest BCUT2D eigenvalue weighted by molar-refractivity contribution is 7.91. The van der Waals surface area contributed by atoms with Gasteiger partial charge in [-0.1, -0.05) is 34.1 Å². The second kappa shape index (κ2) is 7.77. The van der Waals surface area contributed by atoms with Gasteiger partial charge in [0.25, 0.3) is 0 Å². The minimum atomic E-state index is -3.58. The van der Waals surface area contributed by atoms with Gasteiger partial charge in [0.15, 0.2) is 9.84 Å². The summed E-state index contributed by atoms with van der Waals surface area (Å²) >= 11 is 0. The van der Waals surface area contributed by atoms with Crippen molar-refractivity contribution < 1.29 is 23.0 Å². The zero-order valence-electron chi connectivity index (χ0n) is 18.6. The molecule has 2 unspecified atom stereocenters. The predicted octanol–water partition coefficient (Wildman–Crippen LogP) is 4.33. The Balaban J connectivity index is 2.00. The van der Waals surface area contributed by atoms with Gasteiger partial charge in [-0.2, -0.15) is 0 Å². The maximum Gasteiger partial charge on any atom is 0.178 e. The number of ether oxygens (including phenoxy) is 2. The van der Waals surface area contributed by atoms with Gasteiger partial charge in [-0.05, 0) is 60.0 Å². The zero-order valence-corrected chi connectivity index (χ0v) is 19.4. The van der Waals surface area contributed by atoms with E-state index >= 15 is 0 Å². The molecule has 0 amide bonds. The van der Waals surface area contributed by atoms with E-state index in [0.29, 0.717) is 17.4 Å². The van der Waals surface area contributed by atoms with E-state index in [1.54, 1.807) is 18.2 Å². The lowest BCUT2D eigenvalue weighted by atomic mass is 9.46. The Hall–Kier alpha value is -1.27. The van der Waals surface area contributed by atoms with Crippen LogP contribution in [0.5, 0.6) is 11.5 Å². The van der Waals surface area contributed by atoms with Crippen LogP contribution >= 0.6 is 0 Å². The lowest BCUT2D eigenvalue weighted by Gasteiger charge is -2.60. The van der Waals surface area contributed by atoms with Gasteiger partial charge in [0.05, 0.1) is 31.0 Å². The Morgan fingerprint density at radius 2 is 1.66 bits per heavy atom. The average Bonchev–Trinajstić information content (AvgIpc) is 2.66. The van der Waals surface area contributed by atoms with Gasteiger partial charge in [-0.3, -0.25) is 0 Å². The third kappa shape index (κ3) is 4.02. The van der Waals surface area contributed by atoms with Gasteiger partial charge < -0.3 is 14.6 Å². The molecule has 2 aliphatic rings. The monoisotopic (exact) mass is 424 g/mol. The molecule has 1 N–H and O–H groups in total. The number of aliphatic hydroxyl groups excluding tert-OH is 1. The van der Waals surface area contributed by atoms with E-state index in [1.807, 2.05) is 6.92 Å². The first-order valence-electron chi connectivity index (χ1n) is 10.6. The van der Waals surface area contributed by atoms with Crippen molar-refractivity contribution in [1.82, 2.24) is 0 Å². The molecule has 0 radical (unpaired) electrons. The average molecular weight is 425 g/mol. The molecule has 1 aromatic carbocycles. The van der Waals surface area contributed by atoms with Crippen molar-refractivity contribution in [3.8, 4) is 11.5 Å². The molecule has 5 atom stereocenters. The number of sulfone groups is 1. The lowest BCUT2D eigenvalue weighted by molar-refractivity contribution is -0.132. The molecule has 3 rings (SSSR count). The van der Waals surface area contributed by atoms with E-state index in [9.17, 15) is 13.5 Å². The van der Waals surface area contributed by atoms with E-state index in [1.165, 1.54) is 14.2 Å². The molecule has 2 aliphatic carbocycles. The molecule has 1 aromatic rings. The molecule has 164 valence electrons. The standard InChI is InChI=1S/C23H36O5S/c1-15-19(23(4)9-7-8-22(2,3)21(23)13-20(15)24)14-29(25,26)18-11-16(27-5)10-17(12-18)28-6/h10-12,15,19-21,24H,7-9,13-14H2,1-6H3/t15?,19-,20?,21-,23+/m0/s1. The first-order valence-corrected chi connectivity index (χ1v) is 12.2. The smallest absolute Gasteiger partial charge is 0.178 e. The van der Waals surface area contributed by atoms with Crippen LogP contribution in [-0.2, 0) is 9.84 Å². The summed E-state index contributed by atoms with van der Waals surface area (Å²) in [4.78, 5) is 0.219. The molecule has 0 aliphatic heterocycles. The van der Waals surface area contributed by atoms with Crippen LogP contribution in [0.1, 0.15) is 53.4 Å². The molecule has 29 heavy (non-hydrogen) atoms. The van der Waals surface area contributed by atoms with Gasteiger partial charge in [0.1, 0.15) is 11.5 Å². The normalized spacial score (nSPS) is 34.3. The molecule has 2 saturated carbocycles. The van der Waals surface area contributed by atoms with Crippen molar-refractivity contribution >= 4 is 9.84 Å². The van der Waals surface area contributed by atoms with Crippen LogP contribution in [0.25, 0.3) is 0 Å². The molecule has 2 fully saturated rings. The summed E-state index contributed by atoms with van der Waals surface area (Å²) in [5.74, 6) is 1.11. The summed E-state index contributed by atoms with van der Waals surface area (Å²) < 4.78 is 37.5. The number of fused-ring (bicyclic) bond motifs is 1. The summed E-state index contributed by atoms with van der Waals surface area (Å²) in [6, 6.07) is 4.80. The molecular weight excluding hydrogens is 388 g/mol. The minimum absolute atomic E-state index is 0.0324. The molecule has 5 nitrogen and oxygen atoms in total. The second-order valence-corrected chi connectivity index (χ2v) is 12.0. The number of hydrogen-bond acceptors (Lipinski definition) is 5. The fourth-order valence-electron chi connectivity index (χ4n) is 6.16. The van der Waals surface area contributed by atoms with Gasteiger partial charge in [0.2, 0.25) is 0 Å². The Morgan fingerprint density at radius 1 is 1.07 bits per heavy atom. The summed E-state index contributed by atoms with van der Waals surface area (Å²) in [6.45, 7) is 8.82. The topological polar surface area (TPSA) is 72.8 Å². The second-order valence-electron chi connectivity index (χ2n) is 10.00. The molecule has 0 spiro atoms. The SMILES string of the molecule is COc1cc(OC)cc(S(=O)(=O)C[C@H]2C(C)C(O)C[C@H]3C(C)(C)CCC[C@]23C)c1. The van der Waals surface area contributed by atoms with Crippen molar-refractivity contribution in [1.29, 1.82) is 0 Å². The van der Waals surface area contributed by atoms with Gasteiger partial charge in [-0.15, -0.1) is 0 Å². The number of aliphatic hydroxyl groups is 1. The highest BCUT2D eigenvalue weighted by Gasteiger charge is 2.56. The number of rotatable bonds is 5. The van der Waals surface area contributed by atoms with Gasteiger partial charge in [-0.25, -0.2) is 8.42 Å². The summed E-state index contributed by atoms with van der Waals surface area (Å²) in [6.07, 6.45) is 3.53. The third-order valence-electron chi connectivity index (χ3n) is 7.92. The maximum absolute atomic E-state index is 13.5. The largest absolute Gasteiger partial charge is 0.497 e. The fraction of sp³-hybridized carbons (Fsp3) is 0.739. The first-order chi connectivity index (χ1) is 13.4. The van der Waals surface area contributed by atoms with Crippen molar-refractivity contribution in [2.75, 3.05) is 20.0 Å². The van der Waals surface area contributed by atoms with E-state index in [2.05, 4.69) is 20.8 Å². The number of benzene rings is 1. The zero-order chi connectivity index (χ0) is 21.6. The summed E-state index contributed by atoms with van der Waals surface area (Å²) in [5, 5.41) is 10.8. The lowest BCUT2D eigenvalue weighted by Crippen LogP contribution is -2.56. The molecule has 0 aromatic heterocycles. The van der Waals surface area contributed by atoms with Crippen molar-refractivity contribution in [2.24, 2.45) is 28.6 Å². The summed E-state index contributed by atoms with van der Waals surface area (Å²) in [5.41, 5.74) is 0.00569. The van der Waals surface area contributed by atoms with Crippen LogP contribution in [0.3, 0.4) is 0 Å². The van der Waals surface area contributed by atoms with Crippen molar-refractivity contribution in [3.63, 3.8) is 0 Å². The Bertz CT molecular complexity index is 825. The third-order valence-corrected chi connectivity index (χ3v) is 9.68. The summed E-state index contributed by atoms with van der Waals surface area (Å²) in [7, 11) is -0.550. The predicted molar refractivity (Wildman–Crippen MR) is 114 cm³/mol. The Kier molecular flexibility index (Phi) is 6.00. The number of methoxy groups -OCH3 is 2. The van der Waals surface area contributed by atoms with Crippen LogP contribution in [0.4, 0.5) is 0 Å². The van der Waals surface area contributed by atoms with Crippen LogP contribution < -0.4 is 9.47 Å². The van der Waals surface area contributed by atoms with Crippen molar-refractivity contribution in [2.45, 2.75) is 64.4 Å². The Morgan fingerprint density at radius 3 is 2.21 bits per heavy atom. The van der Waals surface area contributed by atoms with Crippen LogP contribution in [0, 0.1) is 28.6 Å². The minimum Gasteiger partial charge on any atom is -0.497 e. The Labute approximate surface area is 175 Å². The van der Waals surface area contributed by atoms with Gasteiger partial charge >= 0.3 is 0 Å². The molecule has 0 saturated heterocycles. The fourth-order valence-corrected chi connectivity index (χ4v) is 8.10. The van der Waals surface area contributed by atoms with Crippen molar-refractivity contribution in [3.05, 3.63) is 18.2 Å². The van der Waals surface area contributed by atoms with Crippen LogP contribution in [0.15, 0.2) is 23.1 Å². The number of hydrogen-bond donors (Lipinski definition) is 1.